The average molecular weight is 456 g/mol. The van der Waals surface area contributed by atoms with Crippen LogP contribution in [0.15, 0.2) is 24.4 Å². The Bertz CT molecular complexity index is 1040. The number of halogens is 1. The largest absolute Gasteiger partial charge is 0.455 e. The van der Waals surface area contributed by atoms with Crippen molar-refractivity contribution >= 4 is 23.3 Å². The van der Waals surface area contributed by atoms with E-state index >= 15 is 0 Å². The number of pyridine rings is 2. The molecule has 2 aromatic heterocycles. The smallest absolute Gasteiger partial charge is 0.225 e. The predicted octanol–water partition coefficient (Wildman–Crippen LogP) is 3.74. The minimum Gasteiger partial charge on any atom is -0.455 e. The van der Waals surface area contributed by atoms with Gasteiger partial charge in [-0.3, -0.25) is 4.79 Å². The van der Waals surface area contributed by atoms with Crippen LogP contribution in [0.3, 0.4) is 0 Å². The summed E-state index contributed by atoms with van der Waals surface area (Å²) in [4.78, 5) is 25.3. The molecule has 2 fully saturated rings. The van der Waals surface area contributed by atoms with Crippen molar-refractivity contribution in [1.82, 2.24) is 14.9 Å². The average Bonchev–Trinajstić information content (AvgIpc) is 3.62. The van der Waals surface area contributed by atoms with Gasteiger partial charge in [0, 0.05) is 57.0 Å². The Kier molecular flexibility index (Phi) is 6.77. The zero-order valence-electron chi connectivity index (χ0n) is 18.3. The van der Waals surface area contributed by atoms with Gasteiger partial charge in [-0.05, 0) is 25.8 Å². The van der Waals surface area contributed by atoms with Crippen LogP contribution >= 0.6 is 11.6 Å². The van der Waals surface area contributed by atoms with E-state index in [-0.39, 0.29) is 11.9 Å². The zero-order chi connectivity index (χ0) is 22.7. The summed E-state index contributed by atoms with van der Waals surface area (Å²) in [5.74, 6) is 2.21. The molecule has 1 saturated carbocycles. The first-order valence-electron chi connectivity index (χ1n) is 10.8. The van der Waals surface area contributed by atoms with E-state index in [1.165, 1.54) is 0 Å². The Morgan fingerprint density at radius 3 is 2.81 bits per heavy atom. The first kappa shape index (κ1) is 22.3. The number of carbonyl (C=O) groups is 1. The molecular weight excluding hydrogens is 430 g/mol. The monoisotopic (exact) mass is 455 g/mol. The van der Waals surface area contributed by atoms with E-state index < -0.39 is 0 Å². The second-order valence-electron chi connectivity index (χ2n) is 8.17. The molecule has 3 heterocycles. The van der Waals surface area contributed by atoms with E-state index in [0.29, 0.717) is 66.6 Å². The summed E-state index contributed by atoms with van der Waals surface area (Å²) >= 11 is 5.99. The van der Waals surface area contributed by atoms with Crippen LogP contribution in [0.2, 0.25) is 5.15 Å². The van der Waals surface area contributed by atoms with Crippen molar-refractivity contribution in [3.63, 3.8) is 0 Å². The van der Waals surface area contributed by atoms with Crippen molar-refractivity contribution in [2.24, 2.45) is 0 Å². The van der Waals surface area contributed by atoms with Gasteiger partial charge in [0.15, 0.2) is 5.75 Å². The highest BCUT2D eigenvalue weighted by molar-refractivity contribution is 6.29. The molecule has 168 valence electrons. The Balaban J connectivity index is 1.58. The topological polar surface area (TPSA) is 91.6 Å². The maximum atomic E-state index is 12.5. The van der Waals surface area contributed by atoms with E-state index in [4.69, 9.17) is 26.1 Å². The lowest BCUT2D eigenvalue weighted by atomic mass is 10.1. The van der Waals surface area contributed by atoms with Crippen LogP contribution in [0, 0.1) is 11.3 Å². The summed E-state index contributed by atoms with van der Waals surface area (Å²) in [6.07, 6.45) is 4.05. The standard InChI is InChI=1S/C23H26ClN5O3/c1-15-14-28(8-9-29(15)21(30)6-10-31-2)23-17(13-25)11-19(22(27-23)16-3-4-16)32-18-5-7-26-20(24)12-18/h5,7,11-12,15-16H,3-4,6,8-10,14H2,1-2H3/t15-/m1/s1. The van der Waals surface area contributed by atoms with Gasteiger partial charge in [-0.1, -0.05) is 11.6 Å². The predicted molar refractivity (Wildman–Crippen MR) is 120 cm³/mol. The van der Waals surface area contributed by atoms with Gasteiger partial charge < -0.3 is 19.3 Å². The quantitative estimate of drug-likeness (QED) is 0.587. The van der Waals surface area contributed by atoms with E-state index in [1.54, 1.807) is 31.5 Å². The lowest BCUT2D eigenvalue weighted by Crippen LogP contribution is -2.54. The fourth-order valence-electron chi connectivity index (χ4n) is 3.98. The fourth-order valence-corrected chi connectivity index (χ4v) is 4.15. The maximum absolute atomic E-state index is 12.5. The molecule has 0 radical (unpaired) electrons. The Hall–Kier alpha value is -2.89. The van der Waals surface area contributed by atoms with E-state index in [1.807, 2.05) is 11.8 Å². The lowest BCUT2D eigenvalue weighted by molar-refractivity contribution is -0.134. The minimum atomic E-state index is 0.0145. The molecule has 2 aromatic rings. The molecule has 1 amide bonds. The molecule has 1 saturated heterocycles. The second kappa shape index (κ2) is 9.72. The van der Waals surface area contributed by atoms with Crippen molar-refractivity contribution in [3.05, 3.63) is 40.8 Å². The molecule has 8 nitrogen and oxygen atoms in total. The number of hydrogen-bond acceptors (Lipinski definition) is 7. The zero-order valence-corrected chi connectivity index (χ0v) is 19.0. The van der Waals surface area contributed by atoms with Crippen LogP contribution in [-0.2, 0) is 9.53 Å². The summed E-state index contributed by atoms with van der Waals surface area (Å²) in [5, 5.41) is 10.2. The third kappa shape index (κ3) is 4.95. The van der Waals surface area contributed by atoms with Gasteiger partial charge >= 0.3 is 0 Å². The maximum Gasteiger partial charge on any atom is 0.225 e. The molecule has 1 aliphatic carbocycles. The Morgan fingerprint density at radius 2 is 2.16 bits per heavy atom. The molecule has 0 unspecified atom stereocenters. The van der Waals surface area contributed by atoms with Gasteiger partial charge in [0.2, 0.25) is 5.91 Å². The first-order chi connectivity index (χ1) is 15.5. The summed E-state index contributed by atoms with van der Waals surface area (Å²) in [6, 6.07) is 7.42. The Labute approximate surface area is 192 Å². The molecule has 9 heteroatoms. The number of hydrogen-bond donors (Lipinski definition) is 0. The number of methoxy groups -OCH3 is 1. The van der Waals surface area contributed by atoms with E-state index in [9.17, 15) is 10.1 Å². The minimum absolute atomic E-state index is 0.0145. The van der Waals surface area contributed by atoms with Gasteiger partial charge in [-0.15, -0.1) is 0 Å². The Morgan fingerprint density at radius 1 is 1.34 bits per heavy atom. The van der Waals surface area contributed by atoms with Crippen molar-refractivity contribution in [3.8, 4) is 17.6 Å². The molecule has 32 heavy (non-hydrogen) atoms. The van der Waals surface area contributed by atoms with Gasteiger partial charge in [-0.2, -0.15) is 5.26 Å². The molecule has 0 bridgehead atoms. The summed E-state index contributed by atoms with van der Waals surface area (Å²) in [6.45, 7) is 4.26. The lowest BCUT2D eigenvalue weighted by Gasteiger charge is -2.40. The molecule has 0 aromatic carbocycles. The molecular formula is C23H26ClN5O3. The number of piperazine rings is 1. The number of anilines is 1. The first-order valence-corrected chi connectivity index (χ1v) is 11.2. The molecule has 2 aliphatic rings. The molecule has 0 spiro atoms. The van der Waals surface area contributed by atoms with E-state index in [2.05, 4.69) is 16.0 Å². The summed E-state index contributed by atoms with van der Waals surface area (Å²) in [5.41, 5.74) is 1.31. The number of nitrogens with zero attached hydrogens (tertiary/aromatic N) is 5. The molecule has 4 rings (SSSR count). The van der Waals surface area contributed by atoms with Crippen molar-refractivity contribution < 1.29 is 14.3 Å². The molecule has 0 N–H and O–H groups in total. The van der Waals surface area contributed by atoms with Gasteiger partial charge in [0.05, 0.1) is 24.3 Å². The van der Waals surface area contributed by atoms with Crippen molar-refractivity contribution in [1.29, 1.82) is 5.26 Å². The number of carbonyl (C=O) groups excluding carboxylic acids is 1. The van der Waals surface area contributed by atoms with Gasteiger partial charge in [-0.25, -0.2) is 9.97 Å². The fraction of sp³-hybridized carbons (Fsp3) is 0.478. The van der Waals surface area contributed by atoms with Gasteiger partial charge in [0.1, 0.15) is 22.8 Å². The number of ether oxygens (including phenoxy) is 2. The highest BCUT2D eigenvalue weighted by atomic mass is 35.5. The second-order valence-corrected chi connectivity index (χ2v) is 8.56. The normalized spacial score (nSPS) is 18.4. The van der Waals surface area contributed by atoms with Crippen LogP contribution in [0.5, 0.6) is 11.5 Å². The highest BCUT2D eigenvalue weighted by Gasteiger charge is 2.33. The van der Waals surface area contributed by atoms with Crippen LogP contribution in [0.1, 0.15) is 43.4 Å². The van der Waals surface area contributed by atoms with Crippen molar-refractivity contribution in [2.45, 2.75) is 38.1 Å². The number of rotatable bonds is 7. The van der Waals surface area contributed by atoms with Crippen LogP contribution in [-0.4, -0.2) is 60.2 Å². The SMILES string of the molecule is COCCC(=O)N1CCN(c2nc(C3CC3)c(Oc3ccnc(Cl)c3)cc2C#N)C[C@H]1C. The van der Waals surface area contributed by atoms with E-state index in [0.717, 1.165) is 18.5 Å². The summed E-state index contributed by atoms with van der Waals surface area (Å²) < 4.78 is 11.1. The summed E-state index contributed by atoms with van der Waals surface area (Å²) in [7, 11) is 1.60. The third-order valence-electron chi connectivity index (χ3n) is 5.77. The number of aromatic nitrogens is 2. The van der Waals surface area contributed by atoms with Crippen LogP contribution < -0.4 is 9.64 Å². The highest BCUT2D eigenvalue weighted by Crippen LogP contribution is 2.45. The van der Waals surface area contributed by atoms with Crippen molar-refractivity contribution in [2.75, 3.05) is 38.3 Å². The van der Waals surface area contributed by atoms with Crippen LogP contribution in [0.4, 0.5) is 5.82 Å². The third-order valence-corrected chi connectivity index (χ3v) is 5.98. The van der Waals surface area contributed by atoms with Crippen LogP contribution in [0.25, 0.3) is 0 Å². The number of nitriles is 1. The molecule has 1 atom stereocenters. The van der Waals surface area contributed by atoms with Gasteiger partial charge in [0.25, 0.3) is 0 Å². The molecule has 1 aliphatic heterocycles. The number of amides is 1.